The molecule has 0 saturated carbocycles. The van der Waals surface area contributed by atoms with Gasteiger partial charge in [-0.1, -0.05) is 17.8 Å². The van der Waals surface area contributed by atoms with Crippen LogP contribution in [0.3, 0.4) is 0 Å². The van der Waals surface area contributed by atoms with Crippen molar-refractivity contribution < 1.29 is 4.74 Å². The summed E-state index contributed by atoms with van der Waals surface area (Å²) in [6, 6.07) is 13.0. The van der Waals surface area contributed by atoms with Crippen molar-refractivity contribution in [3.8, 4) is 22.5 Å². The van der Waals surface area contributed by atoms with E-state index in [1.807, 2.05) is 17.5 Å². The Morgan fingerprint density at radius 3 is 2.78 bits per heavy atom. The summed E-state index contributed by atoms with van der Waals surface area (Å²) in [5.41, 5.74) is 0.615. The summed E-state index contributed by atoms with van der Waals surface area (Å²) in [5, 5.41) is 19.6. The van der Waals surface area contributed by atoms with Crippen LogP contribution in [0.2, 0.25) is 0 Å². The van der Waals surface area contributed by atoms with E-state index >= 15 is 0 Å². The highest BCUT2D eigenvalue weighted by molar-refractivity contribution is 7.99. The number of rotatable bonds is 6. The number of thioether (sulfide) groups is 1. The Morgan fingerprint density at radius 2 is 2.09 bits per heavy atom. The van der Waals surface area contributed by atoms with Crippen LogP contribution >= 0.6 is 23.1 Å². The van der Waals surface area contributed by atoms with Crippen LogP contribution in [-0.4, -0.2) is 27.2 Å². The number of thiophene rings is 1. The molecule has 0 amide bonds. The van der Waals surface area contributed by atoms with E-state index in [2.05, 4.69) is 16.3 Å². The van der Waals surface area contributed by atoms with Crippen LogP contribution < -0.4 is 10.6 Å². The first kappa shape index (κ1) is 15.4. The topological polar surface area (TPSA) is 89.8 Å². The van der Waals surface area contributed by atoms with Gasteiger partial charge in [0.15, 0.2) is 5.82 Å². The Bertz CT molecular complexity index is 806. The van der Waals surface area contributed by atoms with E-state index in [1.165, 1.54) is 16.4 Å². The third kappa shape index (κ3) is 3.64. The fourth-order valence-corrected chi connectivity index (χ4v) is 3.25. The summed E-state index contributed by atoms with van der Waals surface area (Å²) in [6.45, 7) is 0.512. The van der Waals surface area contributed by atoms with Gasteiger partial charge < -0.3 is 10.6 Å². The second kappa shape index (κ2) is 7.17. The van der Waals surface area contributed by atoms with Crippen LogP contribution in [0.4, 0.5) is 0 Å². The molecule has 0 aliphatic heterocycles. The van der Waals surface area contributed by atoms with E-state index < -0.39 is 0 Å². The number of ether oxygens (including phenoxy) is 1. The normalized spacial score (nSPS) is 10.4. The Morgan fingerprint density at radius 1 is 1.26 bits per heavy atom. The highest BCUT2D eigenvalue weighted by Crippen LogP contribution is 2.25. The molecule has 2 N–H and O–H groups in total. The smallest absolute Gasteiger partial charge is 0.210 e. The number of nitrogens with two attached hydrogens (primary N) is 1. The molecule has 0 aliphatic carbocycles. The van der Waals surface area contributed by atoms with Crippen LogP contribution in [-0.2, 0) is 0 Å². The number of hydrogen-bond acceptors (Lipinski definition) is 7. The second-order valence-corrected chi connectivity index (χ2v) is 6.50. The molecule has 0 unspecified atom stereocenters. The summed E-state index contributed by atoms with van der Waals surface area (Å²) in [7, 11) is 0. The number of hydrogen-bond donors (Lipinski definition) is 1. The first-order chi connectivity index (χ1) is 11.3. The molecule has 0 fully saturated rings. The highest BCUT2D eigenvalue weighted by Gasteiger charge is 2.12. The maximum absolute atomic E-state index is 8.74. The van der Waals surface area contributed by atoms with Crippen LogP contribution in [0.1, 0.15) is 5.56 Å². The molecule has 6 nitrogen and oxygen atoms in total. The van der Waals surface area contributed by atoms with Gasteiger partial charge in [-0.15, -0.1) is 21.5 Å². The van der Waals surface area contributed by atoms with Gasteiger partial charge in [0, 0.05) is 5.75 Å². The first-order valence-electron chi connectivity index (χ1n) is 6.78. The van der Waals surface area contributed by atoms with E-state index in [0.717, 1.165) is 10.6 Å². The fourth-order valence-electron chi connectivity index (χ4n) is 1.87. The molecule has 0 spiro atoms. The molecule has 0 saturated heterocycles. The zero-order valence-corrected chi connectivity index (χ0v) is 13.7. The van der Waals surface area contributed by atoms with E-state index in [-0.39, 0.29) is 0 Å². The van der Waals surface area contributed by atoms with E-state index in [0.29, 0.717) is 28.9 Å². The molecule has 3 rings (SSSR count). The number of nitrogen functional groups attached to an aromatic ring is 1. The van der Waals surface area contributed by atoms with Crippen LogP contribution in [0.5, 0.6) is 5.75 Å². The fraction of sp³-hybridized carbons (Fsp3) is 0.133. The predicted molar refractivity (Wildman–Crippen MR) is 90.9 cm³/mol. The lowest BCUT2D eigenvalue weighted by Gasteiger charge is -2.06. The summed E-state index contributed by atoms with van der Waals surface area (Å²) in [4.78, 5) is 0.987. The number of benzene rings is 1. The number of aromatic nitrogens is 3. The van der Waals surface area contributed by atoms with E-state index in [4.69, 9.17) is 15.8 Å². The van der Waals surface area contributed by atoms with Gasteiger partial charge in [0.25, 0.3) is 0 Å². The van der Waals surface area contributed by atoms with Crippen LogP contribution in [0.15, 0.2) is 46.9 Å². The minimum atomic E-state index is 0.512. The standard InChI is InChI=1S/C15H13N5OS2/c16-10-11-3-5-12(6-4-11)21-7-9-23-15-19-18-14(20(15)17)13-2-1-8-22-13/h1-6,8H,7,9,17H2. The molecule has 0 atom stereocenters. The maximum Gasteiger partial charge on any atom is 0.210 e. The molecule has 8 heteroatoms. The van der Waals surface area contributed by atoms with Gasteiger partial charge in [0.05, 0.1) is 23.1 Å². The lowest BCUT2D eigenvalue weighted by atomic mass is 10.2. The van der Waals surface area contributed by atoms with E-state index in [9.17, 15) is 0 Å². The minimum absolute atomic E-state index is 0.512. The summed E-state index contributed by atoms with van der Waals surface area (Å²) in [5.74, 6) is 8.12. The quantitative estimate of drug-likeness (QED) is 0.420. The lowest BCUT2D eigenvalue weighted by molar-refractivity contribution is 0.344. The lowest BCUT2D eigenvalue weighted by Crippen LogP contribution is -2.12. The third-order valence-corrected chi connectivity index (χ3v) is 4.75. The molecular formula is C15H13N5OS2. The predicted octanol–water partition coefficient (Wildman–Crippen LogP) is 2.76. The van der Waals surface area contributed by atoms with Crippen molar-refractivity contribution in [1.82, 2.24) is 14.9 Å². The van der Waals surface area contributed by atoms with Crippen molar-refractivity contribution in [1.29, 1.82) is 5.26 Å². The SMILES string of the molecule is N#Cc1ccc(OCCSc2nnc(-c3cccs3)n2N)cc1. The molecular weight excluding hydrogens is 330 g/mol. The zero-order chi connectivity index (χ0) is 16.1. The van der Waals surface area contributed by atoms with Crippen LogP contribution in [0, 0.1) is 11.3 Å². The first-order valence-corrected chi connectivity index (χ1v) is 8.64. The molecule has 3 aromatic rings. The van der Waals surface area contributed by atoms with Crippen molar-refractivity contribution in [2.24, 2.45) is 0 Å². The van der Waals surface area contributed by atoms with Crippen molar-refractivity contribution in [3.05, 3.63) is 47.3 Å². The average Bonchev–Trinajstić information content (AvgIpc) is 3.22. The van der Waals surface area contributed by atoms with Crippen molar-refractivity contribution >= 4 is 23.1 Å². The summed E-state index contributed by atoms with van der Waals surface area (Å²) < 4.78 is 7.12. The maximum atomic E-state index is 8.74. The largest absolute Gasteiger partial charge is 0.493 e. The van der Waals surface area contributed by atoms with Gasteiger partial charge >= 0.3 is 0 Å². The van der Waals surface area contributed by atoms with Gasteiger partial charge in [-0.05, 0) is 35.7 Å². The monoisotopic (exact) mass is 343 g/mol. The van der Waals surface area contributed by atoms with Gasteiger partial charge in [-0.25, -0.2) is 4.68 Å². The summed E-state index contributed by atoms with van der Waals surface area (Å²) >= 11 is 3.06. The summed E-state index contributed by atoms with van der Waals surface area (Å²) in [6.07, 6.45) is 0. The Labute approximate surface area is 141 Å². The molecule has 0 bridgehead atoms. The van der Waals surface area contributed by atoms with Gasteiger partial charge in [-0.3, -0.25) is 0 Å². The number of nitriles is 1. The molecule has 0 radical (unpaired) electrons. The third-order valence-electron chi connectivity index (χ3n) is 2.97. The van der Waals surface area contributed by atoms with E-state index in [1.54, 1.807) is 35.6 Å². The van der Waals surface area contributed by atoms with Gasteiger partial charge in [-0.2, -0.15) is 5.26 Å². The van der Waals surface area contributed by atoms with Crippen molar-refractivity contribution in [3.63, 3.8) is 0 Å². The van der Waals surface area contributed by atoms with Gasteiger partial charge in [0.2, 0.25) is 5.16 Å². The Hall–Kier alpha value is -2.50. The van der Waals surface area contributed by atoms with Crippen molar-refractivity contribution in [2.75, 3.05) is 18.2 Å². The number of nitrogens with zero attached hydrogens (tertiary/aromatic N) is 4. The molecule has 23 heavy (non-hydrogen) atoms. The molecule has 2 aromatic heterocycles. The zero-order valence-electron chi connectivity index (χ0n) is 12.0. The Balaban J connectivity index is 1.52. The second-order valence-electron chi connectivity index (χ2n) is 4.49. The van der Waals surface area contributed by atoms with Crippen LogP contribution in [0.25, 0.3) is 10.7 Å². The van der Waals surface area contributed by atoms with Crippen molar-refractivity contribution in [2.45, 2.75) is 5.16 Å². The molecule has 0 aliphatic rings. The minimum Gasteiger partial charge on any atom is -0.493 e. The Kier molecular flexibility index (Phi) is 4.80. The molecule has 1 aromatic carbocycles. The highest BCUT2D eigenvalue weighted by atomic mass is 32.2. The van der Waals surface area contributed by atoms with Gasteiger partial charge in [0.1, 0.15) is 5.75 Å². The average molecular weight is 343 g/mol. The molecule has 116 valence electrons. The molecule has 2 heterocycles.